The van der Waals surface area contributed by atoms with Crippen LogP contribution in [-0.4, -0.2) is 41.0 Å². The van der Waals surface area contributed by atoms with Crippen LogP contribution in [0, 0.1) is 20.8 Å². The molecule has 4 rings (SSSR count). The minimum atomic E-state index is -0.171. The van der Waals surface area contributed by atoms with Crippen LogP contribution < -0.4 is 5.32 Å². The molecule has 0 atom stereocenters. The number of rotatable bonds is 5. The lowest BCUT2D eigenvalue weighted by Gasteiger charge is -2.09. The number of nitrogens with zero attached hydrogens (tertiary/aromatic N) is 6. The highest BCUT2D eigenvalue weighted by molar-refractivity contribution is 7.99. The van der Waals surface area contributed by atoms with Crippen molar-refractivity contribution in [1.29, 1.82) is 0 Å². The van der Waals surface area contributed by atoms with Gasteiger partial charge in [0.2, 0.25) is 5.91 Å². The van der Waals surface area contributed by atoms with E-state index in [9.17, 15) is 4.79 Å². The predicted octanol–water partition coefficient (Wildman–Crippen LogP) is 3.86. The highest BCUT2D eigenvalue weighted by atomic mass is 35.5. The summed E-state index contributed by atoms with van der Waals surface area (Å²) in [7, 11) is 1.92. The van der Waals surface area contributed by atoms with Gasteiger partial charge in [-0.3, -0.25) is 4.79 Å². The van der Waals surface area contributed by atoms with Crippen LogP contribution in [-0.2, 0) is 11.8 Å². The molecule has 154 valence electrons. The Balaban J connectivity index is 1.51. The topological polar surface area (TPSA) is 90.5 Å². The zero-order chi connectivity index (χ0) is 21.4. The number of benzene rings is 1. The first-order chi connectivity index (χ1) is 14.3. The first-order valence-corrected chi connectivity index (χ1v) is 10.6. The molecule has 10 heteroatoms. The molecule has 0 aliphatic heterocycles. The summed E-state index contributed by atoms with van der Waals surface area (Å²) in [4.78, 5) is 26.0. The number of imidazole rings is 1. The van der Waals surface area contributed by atoms with Gasteiger partial charge in [-0.15, -0.1) is 0 Å². The summed E-state index contributed by atoms with van der Waals surface area (Å²) in [5.41, 5.74) is 4.19. The van der Waals surface area contributed by atoms with E-state index in [1.807, 2.05) is 56.7 Å². The third-order valence-corrected chi connectivity index (χ3v) is 5.66. The molecule has 30 heavy (non-hydrogen) atoms. The van der Waals surface area contributed by atoms with Gasteiger partial charge in [-0.1, -0.05) is 23.4 Å². The molecule has 0 aliphatic carbocycles. The normalized spacial score (nSPS) is 11.2. The third-order valence-electron chi connectivity index (χ3n) is 4.39. The van der Waals surface area contributed by atoms with Crippen molar-refractivity contribution in [3.8, 4) is 5.95 Å². The van der Waals surface area contributed by atoms with Crippen LogP contribution in [0.15, 0.2) is 35.5 Å². The second-order valence-electron chi connectivity index (χ2n) is 6.96. The van der Waals surface area contributed by atoms with Gasteiger partial charge in [-0.25, -0.2) is 15.0 Å². The Morgan fingerprint density at radius 2 is 1.80 bits per heavy atom. The summed E-state index contributed by atoms with van der Waals surface area (Å²) in [5.74, 6) is 0.981. The number of hydrogen-bond donors (Lipinski definition) is 1. The van der Waals surface area contributed by atoms with Gasteiger partial charge in [0.25, 0.3) is 5.95 Å². The fourth-order valence-corrected chi connectivity index (χ4v) is 4.09. The molecule has 0 unspecified atom stereocenters. The van der Waals surface area contributed by atoms with Gasteiger partial charge < -0.3 is 9.88 Å². The van der Waals surface area contributed by atoms with Gasteiger partial charge in [-0.2, -0.15) is 9.78 Å². The van der Waals surface area contributed by atoms with Crippen molar-refractivity contribution in [2.24, 2.45) is 7.05 Å². The highest BCUT2D eigenvalue weighted by Gasteiger charge is 2.15. The molecule has 3 aromatic heterocycles. The molecule has 1 aromatic carbocycles. The number of halogens is 1. The molecular weight excluding hydrogens is 422 g/mol. The predicted molar refractivity (Wildman–Crippen MR) is 118 cm³/mol. The van der Waals surface area contributed by atoms with Crippen LogP contribution in [0.2, 0.25) is 5.02 Å². The Bertz CT molecular complexity index is 1240. The van der Waals surface area contributed by atoms with E-state index in [-0.39, 0.29) is 11.7 Å². The van der Waals surface area contributed by atoms with Gasteiger partial charge in [0.1, 0.15) is 5.82 Å². The van der Waals surface area contributed by atoms with Crippen molar-refractivity contribution in [3.63, 3.8) is 0 Å². The number of amides is 1. The van der Waals surface area contributed by atoms with Crippen LogP contribution in [0.25, 0.3) is 17.0 Å². The van der Waals surface area contributed by atoms with Crippen LogP contribution >= 0.6 is 23.4 Å². The molecule has 8 nitrogen and oxygen atoms in total. The lowest BCUT2D eigenvalue weighted by Crippen LogP contribution is -2.18. The number of nitrogens with one attached hydrogen (secondary N) is 1. The van der Waals surface area contributed by atoms with Crippen LogP contribution in [0.4, 0.5) is 5.82 Å². The van der Waals surface area contributed by atoms with E-state index in [4.69, 9.17) is 11.6 Å². The summed E-state index contributed by atoms with van der Waals surface area (Å²) >= 11 is 7.40. The molecule has 0 radical (unpaired) electrons. The van der Waals surface area contributed by atoms with Crippen LogP contribution in [0.3, 0.4) is 0 Å². The number of thioether (sulfide) groups is 1. The maximum atomic E-state index is 12.6. The van der Waals surface area contributed by atoms with Crippen molar-refractivity contribution >= 4 is 46.1 Å². The molecule has 3 heterocycles. The Morgan fingerprint density at radius 1 is 1.07 bits per heavy atom. The number of aromatic nitrogens is 6. The van der Waals surface area contributed by atoms with E-state index in [2.05, 4.69) is 25.4 Å². The summed E-state index contributed by atoms with van der Waals surface area (Å²) in [5, 5.41) is 8.70. The highest BCUT2D eigenvalue weighted by Crippen LogP contribution is 2.25. The Morgan fingerprint density at radius 3 is 2.53 bits per heavy atom. The largest absolute Gasteiger partial charge is 0.322 e. The lowest BCUT2D eigenvalue weighted by molar-refractivity contribution is -0.113. The van der Waals surface area contributed by atoms with Crippen LogP contribution in [0.5, 0.6) is 0 Å². The smallest absolute Gasteiger partial charge is 0.252 e. The van der Waals surface area contributed by atoms with Crippen molar-refractivity contribution in [2.75, 3.05) is 11.1 Å². The molecule has 0 saturated heterocycles. The first-order valence-electron chi connectivity index (χ1n) is 9.24. The molecule has 4 aromatic rings. The minimum Gasteiger partial charge on any atom is -0.322 e. The van der Waals surface area contributed by atoms with E-state index in [0.29, 0.717) is 16.8 Å². The number of anilines is 1. The molecule has 0 aliphatic rings. The number of hydrogen-bond acceptors (Lipinski definition) is 6. The number of carbonyl (C=O) groups is 1. The van der Waals surface area contributed by atoms with Crippen molar-refractivity contribution < 1.29 is 4.79 Å². The minimum absolute atomic E-state index is 0.171. The van der Waals surface area contributed by atoms with Crippen molar-refractivity contribution in [3.05, 3.63) is 52.4 Å². The fraction of sp³-hybridized carbons (Fsp3) is 0.250. The average molecular weight is 442 g/mol. The molecular formula is C20H20ClN7OS. The molecule has 1 N–H and O–H groups in total. The Labute approximate surface area is 182 Å². The summed E-state index contributed by atoms with van der Waals surface area (Å²) < 4.78 is 3.50. The van der Waals surface area contributed by atoms with Gasteiger partial charge >= 0.3 is 0 Å². The fourth-order valence-electron chi connectivity index (χ4n) is 3.13. The monoisotopic (exact) mass is 441 g/mol. The van der Waals surface area contributed by atoms with E-state index < -0.39 is 0 Å². The van der Waals surface area contributed by atoms with Crippen molar-refractivity contribution in [1.82, 2.24) is 29.3 Å². The van der Waals surface area contributed by atoms with Gasteiger partial charge in [-0.05, 0) is 45.0 Å². The zero-order valence-corrected chi connectivity index (χ0v) is 18.5. The first kappa shape index (κ1) is 20.4. The maximum absolute atomic E-state index is 12.6. The van der Waals surface area contributed by atoms with Gasteiger partial charge in [0, 0.05) is 29.5 Å². The molecule has 0 spiro atoms. The number of carbonyl (C=O) groups excluding carboxylic acids is 1. The number of fused-ring (bicyclic) bond motifs is 1. The Kier molecular flexibility index (Phi) is 5.48. The molecule has 1 amide bonds. The third kappa shape index (κ3) is 4.17. The molecule has 0 fully saturated rings. The second-order valence-corrected chi connectivity index (χ2v) is 8.34. The zero-order valence-electron chi connectivity index (χ0n) is 17.0. The average Bonchev–Trinajstić information content (AvgIpc) is 3.18. The molecule has 0 saturated carbocycles. The summed E-state index contributed by atoms with van der Waals surface area (Å²) in [6, 6.07) is 9.23. The van der Waals surface area contributed by atoms with Gasteiger partial charge in [0.15, 0.2) is 5.16 Å². The van der Waals surface area contributed by atoms with E-state index >= 15 is 0 Å². The van der Waals surface area contributed by atoms with E-state index in [1.54, 1.807) is 10.7 Å². The molecule has 0 bridgehead atoms. The van der Waals surface area contributed by atoms with Crippen LogP contribution in [0.1, 0.15) is 17.1 Å². The quantitative estimate of drug-likeness (QED) is 0.473. The SMILES string of the molecule is Cc1cc(C)nc(-n2nc(C)cc2NC(=O)CSc2nc3cc(Cl)ccc3n2C)n1. The summed E-state index contributed by atoms with van der Waals surface area (Å²) in [6.45, 7) is 5.65. The van der Waals surface area contributed by atoms with Gasteiger partial charge in [0.05, 0.1) is 22.5 Å². The maximum Gasteiger partial charge on any atom is 0.252 e. The van der Waals surface area contributed by atoms with E-state index in [1.165, 1.54) is 11.8 Å². The number of aryl methyl sites for hydroxylation is 4. The second kappa shape index (κ2) is 8.08. The lowest BCUT2D eigenvalue weighted by atomic mass is 10.3. The summed E-state index contributed by atoms with van der Waals surface area (Å²) in [6.07, 6.45) is 0. The standard InChI is InChI=1S/C20H20ClN7OS/c1-11-7-12(2)23-19(22-11)28-17(8-13(3)26-28)25-18(29)10-30-20-24-15-9-14(21)5-6-16(15)27(20)4/h5-9H,10H2,1-4H3,(H,25,29). The Hall–Kier alpha value is -2.91. The van der Waals surface area contributed by atoms with Crippen molar-refractivity contribution in [2.45, 2.75) is 25.9 Å². The van der Waals surface area contributed by atoms with E-state index in [0.717, 1.165) is 33.3 Å².